The number of carbonyl (C=O) groups excluding carboxylic acids is 2. The molecule has 2 aliphatic carbocycles. The Bertz CT molecular complexity index is 874. The smallest absolute Gasteiger partial charge is 0.253 e. The lowest BCUT2D eigenvalue weighted by Gasteiger charge is -2.10. The van der Waals surface area contributed by atoms with Crippen molar-refractivity contribution in [1.82, 2.24) is 5.32 Å². The first kappa shape index (κ1) is 17.1. The van der Waals surface area contributed by atoms with Gasteiger partial charge in [0, 0.05) is 11.7 Å². The molecule has 134 valence electrons. The lowest BCUT2D eigenvalue weighted by atomic mass is 10.0. The van der Waals surface area contributed by atoms with Crippen LogP contribution in [0.5, 0.6) is 0 Å². The van der Waals surface area contributed by atoms with Crippen molar-refractivity contribution in [3.8, 4) is 0 Å². The summed E-state index contributed by atoms with van der Waals surface area (Å²) >= 11 is 6.22. The number of aryl methyl sites for hydroxylation is 2. The van der Waals surface area contributed by atoms with Gasteiger partial charge in [0.25, 0.3) is 5.91 Å². The Hall–Kier alpha value is -2.33. The summed E-state index contributed by atoms with van der Waals surface area (Å²) in [5, 5.41) is 6.12. The topological polar surface area (TPSA) is 58.2 Å². The molecule has 0 aliphatic heterocycles. The van der Waals surface area contributed by atoms with E-state index >= 15 is 0 Å². The van der Waals surface area contributed by atoms with E-state index in [1.54, 1.807) is 18.2 Å². The molecule has 2 aromatic carbocycles. The summed E-state index contributed by atoms with van der Waals surface area (Å²) < 4.78 is 0. The van der Waals surface area contributed by atoms with Crippen LogP contribution in [-0.4, -0.2) is 17.9 Å². The minimum atomic E-state index is -0.159. The molecule has 1 saturated carbocycles. The van der Waals surface area contributed by atoms with Crippen molar-refractivity contribution in [1.29, 1.82) is 0 Å². The summed E-state index contributed by atoms with van der Waals surface area (Å²) in [6.07, 6.45) is 5.82. The quantitative estimate of drug-likeness (QED) is 0.840. The van der Waals surface area contributed by atoms with E-state index in [1.807, 2.05) is 6.07 Å². The van der Waals surface area contributed by atoms with Crippen LogP contribution in [0.2, 0.25) is 5.02 Å². The van der Waals surface area contributed by atoms with E-state index in [2.05, 4.69) is 22.8 Å². The molecule has 4 rings (SSSR count). The average Bonchev–Trinajstić information content (AvgIpc) is 3.28. The van der Waals surface area contributed by atoms with Gasteiger partial charge in [0.1, 0.15) is 0 Å². The maximum atomic E-state index is 12.3. The maximum Gasteiger partial charge on any atom is 0.253 e. The van der Waals surface area contributed by atoms with Gasteiger partial charge in [0.05, 0.1) is 17.0 Å². The highest BCUT2D eigenvalue weighted by molar-refractivity contribution is 6.34. The lowest BCUT2D eigenvalue weighted by Crippen LogP contribution is -2.25. The van der Waals surface area contributed by atoms with Crippen LogP contribution in [0.1, 0.15) is 46.3 Å². The molecule has 0 bridgehead atoms. The fraction of sp³-hybridized carbons (Fsp3) is 0.333. The van der Waals surface area contributed by atoms with Crippen molar-refractivity contribution in [2.75, 3.05) is 5.32 Å². The summed E-state index contributed by atoms with van der Waals surface area (Å²) in [6, 6.07) is 11.6. The van der Waals surface area contributed by atoms with E-state index in [-0.39, 0.29) is 17.9 Å². The first-order valence-corrected chi connectivity index (χ1v) is 9.47. The molecule has 2 N–H and O–H groups in total. The molecule has 2 aliphatic rings. The van der Waals surface area contributed by atoms with Gasteiger partial charge in [-0.2, -0.15) is 0 Å². The van der Waals surface area contributed by atoms with Crippen molar-refractivity contribution in [3.63, 3.8) is 0 Å². The summed E-state index contributed by atoms with van der Waals surface area (Å²) in [4.78, 5) is 24.4. The van der Waals surface area contributed by atoms with Crippen LogP contribution in [0.15, 0.2) is 36.4 Å². The third-order valence-corrected chi connectivity index (χ3v) is 5.25. The van der Waals surface area contributed by atoms with E-state index in [1.165, 1.54) is 17.5 Å². The molecule has 4 nitrogen and oxygen atoms in total. The first-order chi connectivity index (χ1) is 12.6. The second-order valence-electron chi connectivity index (χ2n) is 7.12. The lowest BCUT2D eigenvalue weighted by molar-refractivity contribution is -0.115. The monoisotopic (exact) mass is 368 g/mol. The fourth-order valence-electron chi connectivity index (χ4n) is 3.39. The van der Waals surface area contributed by atoms with Crippen molar-refractivity contribution < 1.29 is 9.59 Å². The molecule has 0 atom stereocenters. The minimum absolute atomic E-state index is 0.0887. The van der Waals surface area contributed by atoms with E-state index in [0.29, 0.717) is 22.7 Å². The van der Waals surface area contributed by atoms with Gasteiger partial charge in [-0.05, 0) is 67.0 Å². The van der Waals surface area contributed by atoms with E-state index < -0.39 is 0 Å². The molecule has 26 heavy (non-hydrogen) atoms. The number of halogens is 1. The van der Waals surface area contributed by atoms with Crippen molar-refractivity contribution in [2.45, 2.75) is 44.6 Å². The molecule has 1 fully saturated rings. The molecular formula is C21H21ClN2O2. The number of carbonyl (C=O) groups is 2. The minimum Gasteiger partial charge on any atom is -0.349 e. The van der Waals surface area contributed by atoms with Crippen LogP contribution in [0.4, 0.5) is 5.69 Å². The van der Waals surface area contributed by atoms with Gasteiger partial charge in [-0.1, -0.05) is 29.8 Å². The number of amides is 2. The standard InChI is InChI=1S/C21H21ClN2O2/c22-19-12-17(8-9-18(19)21(26)24-16-6-7-16)23-20(25)11-13-4-5-14-2-1-3-15(14)10-13/h4-5,8-10,12,16H,1-3,6-7,11H2,(H,23,25)(H,24,26). The van der Waals surface area contributed by atoms with Gasteiger partial charge < -0.3 is 10.6 Å². The van der Waals surface area contributed by atoms with E-state index in [0.717, 1.165) is 31.2 Å². The molecule has 2 aromatic rings. The Balaban J connectivity index is 1.39. The molecule has 0 saturated heterocycles. The molecule has 2 amide bonds. The third-order valence-electron chi connectivity index (χ3n) is 4.94. The van der Waals surface area contributed by atoms with Crippen LogP contribution < -0.4 is 10.6 Å². The summed E-state index contributed by atoms with van der Waals surface area (Å²) in [5.74, 6) is -0.247. The Kier molecular flexibility index (Phi) is 4.68. The summed E-state index contributed by atoms with van der Waals surface area (Å²) in [5.41, 5.74) is 4.83. The Morgan fingerprint density at radius 1 is 1.04 bits per heavy atom. The highest BCUT2D eigenvalue weighted by Gasteiger charge is 2.24. The highest BCUT2D eigenvalue weighted by atomic mass is 35.5. The molecule has 0 unspecified atom stereocenters. The maximum absolute atomic E-state index is 12.3. The number of anilines is 1. The van der Waals surface area contributed by atoms with Gasteiger partial charge in [-0.3, -0.25) is 9.59 Å². The van der Waals surface area contributed by atoms with Crippen LogP contribution >= 0.6 is 11.6 Å². The molecule has 0 aromatic heterocycles. The Morgan fingerprint density at radius 2 is 1.85 bits per heavy atom. The first-order valence-electron chi connectivity index (χ1n) is 9.09. The Morgan fingerprint density at radius 3 is 2.62 bits per heavy atom. The fourth-order valence-corrected chi connectivity index (χ4v) is 3.66. The van der Waals surface area contributed by atoms with Crippen molar-refractivity contribution >= 4 is 29.1 Å². The van der Waals surface area contributed by atoms with E-state index in [4.69, 9.17) is 11.6 Å². The van der Waals surface area contributed by atoms with Crippen molar-refractivity contribution in [2.24, 2.45) is 0 Å². The number of nitrogens with one attached hydrogen (secondary N) is 2. The molecule has 0 radical (unpaired) electrons. The number of fused-ring (bicyclic) bond motifs is 1. The average molecular weight is 369 g/mol. The normalized spacial score (nSPS) is 15.4. The predicted molar refractivity (Wildman–Crippen MR) is 103 cm³/mol. The van der Waals surface area contributed by atoms with Gasteiger partial charge in [-0.15, -0.1) is 0 Å². The second-order valence-corrected chi connectivity index (χ2v) is 7.53. The van der Waals surface area contributed by atoms with Gasteiger partial charge in [-0.25, -0.2) is 0 Å². The van der Waals surface area contributed by atoms with E-state index in [9.17, 15) is 9.59 Å². The largest absolute Gasteiger partial charge is 0.349 e. The zero-order valence-corrected chi connectivity index (χ0v) is 15.2. The second kappa shape index (κ2) is 7.12. The van der Waals surface area contributed by atoms with Crippen LogP contribution in [0.3, 0.4) is 0 Å². The number of hydrogen-bond donors (Lipinski definition) is 2. The van der Waals surface area contributed by atoms with Crippen LogP contribution in [-0.2, 0) is 24.1 Å². The Labute approximate surface area is 157 Å². The van der Waals surface area contributed by atoms with Crippen LogP contribution in [0, 0.1) is 0 Å². The zero-order chi connectivity index (χ0) is 18.1. The SMILES string of the molecule is O=C(Cc1ccc2c(c1)CCC2)Nc1ccc(C(=O)NC2CC2)c(Cl)c1. The zero-order valence-electron chi connectivity index (χ0n) is 14.5. The number of benzene rings is 2. The number of hydrogen-bond acceptors (Lipinski definition) is 2. The highest BCUT2D eigenvalue weighted by Crippen LogP contribution is 2.25. The summed E-state index contributed by atoms with van der Waals surface area (Å²) in [7, 11) is 0. The molecule has 0 spiro atoms. The predicted octanol–water partition coefficient (Wildman–Crippen LogP) is 3.90. The van der Waals surface area contributed by atoms with Crippen molar-refractivity contribution in [3.05, 3.63) is 63.7 Å². The number of rotatable bonds is 5. The van der Waals surface area contributed by atoms with Gasteiger partial charge in [0.2, 0.25) is 5.91 Å². The molecular weight excluding hydrogens is 348 g/mol. The molecule has 0 heterocycles. The van der Waals surface area contributed by atoms with Gasteiger partial charge >= 0.3 is 0 Å². The third kappa shape index (κ3) is 3.91. The summed E-state index contributed by atoms with van der Waals surface area (Å²) in [6.45, 7) is 0. The van der Waals surface area contributed by atoms with Crippen LogP contribution in [0.25, 0.3) is 0 Å². The molecule has 5 heteroatoms. The van der Waals surface area contributed by atoms with Gasteiger partial charge in [0.15, 0.2) is 0 Å².